The van der Waals surface area contributed by atoms with Crippen molar-refractivity contribution in [3.05, 3.63) is 58.1 Å². The largest absolute Gasteiger partial charge is 0.299 e. The quantitative estimate of drug-likeness (QED) is 0.513. The molecule has 0 heterocycles. The predicted molar refractivity (Wildman–Crippen MR) is 84.2 cm³/mol. The summed E-state index contributed by atoms with van der Waals surface area (Å²) in [7, 11) is -8.89. The van der Waals surface area contributed by atoms with Gasteiger partial charge >= 0.3 is 0 Å². The van der Waals surface area contributed by atoms with Crippen LogP contribution in [0.25, 0.3) is 0 Å². The summed E-state index contributed by atoms with van der Waals surface area (Å²) in [4.78, 5) is -0.991. The van der Waals surface area contributed by atoms with Crippen LogP contribution in [-0.2, 0) is 28.6 Å². The van der Waals surface area contributed by atoms with Gasteiger partial charge in [0.05, 0.1) is 19.8 Å². The zero-order chi connectivity index (χ0) is 18.8. The van der Waals surface area contributed by atoms with Gasteiger partial charge in [0.2, 0.25) is 0 Å². The lowest BCUT2D eigenvalue weighted by atomic mass is 10.3. The third-order valence-corrected chi connectivity index (χ3v) is 5.82. The number of benzene rings is 2. The van der Waals surface area contributed by atoms with Gasteiger partial charge in [-0.25, -0.2) is 17.1 Å². The van der Waals surface area contributed by atoms with Gasteiger partial charge in [-0.15, -0.1) is 0 Å². The van der Waals surface area contributed by atoms with Crippen molar-refractivity contribution in [2.45, 2.75) is 9.79 Å². The van der Waals surface area contributed by atoms with Crippen molar-refractivity contribution in [2.24, 2.45) is 0 Å². The summed E-state index contributed by atoms with van der Waals surface area (Å²) in [5.74, 6) is -1.68. The molecule has 2 aromatic rings. The first-order valence-corrected chi connectivity index (χ1v) is 9.79. The molecule has 25 heavy (non-hydrogen) atoms. The van der Waals surface area contributed by atoms with Gasteiger partial charge in [-0.3, -0.25) is 0 Å². The molecule has 6 nitrogen and oxygen atoms in total. The van der Waals surface area contributed by atoms with Crippen LogP contribution in [0.2, 0.25) is 10.0 Å². The highest BCUT2D eigenvalue weighted by atomic mass is 35.5. The first kappa shape index (κ1) is 20.0. The molecule has 0 atom stereocenters. The molecule has 0 fully saturated rings. The van der Waals surface area contributed by atoms with E-state index in [0.717, 1.165) is 36.4 Å². The first-order chi connectivity index (χ1) is 11.5. The molecule has 0 spiro atoms. The molecule has 0 bridgehead atoms. The average molecular weight is 433 g/mol. The van der Waals surface area contributed by atoms with Gasteiger partial charge in [-0.05, 0) is 36.4 Å². The van der Waals surface area contributed by atoms with Crippen molar-refractivity contribution in [3.63, 3.8) is 0 Å². The first-order valence-electron chi connectivity index (χ1n) is 6.22. The number of hydrogen-bond donors (Lipinski definition) is 0. The standard InChI is InChI=1S/C13H8Cl2F2O6S2/c14-10-5-8(1-3-12(10)16)24(18,19)22-7-23-25(20,21)9-2-4-13(17)11(15)6-9/h1-6H,7H2. The maximum atomic E-state index is 13.0. The minimum absolute atomic E-state index is 0.459. The second-order valence-corrected chi connectivity index (χ2v) is 8.46. The molecule has 136 valence electrons. The fourth-order valence-electron chi connectivity index (χ4n) is 1.55. The minimum Gasteiger partial charge on any atom is -0.236 e. The molecule has 0 unspecified atom stereocenters. The van der Waals surface area contributed by atoms with Gasteiger partial charge < -0.3 is 0 Å². The molecule has 12 heteroatoms. The molecule has 0 N–H and O–H groups in total. The zero-order valence-electron chi connectivity index (χ0n) is 11.9. The van der Waals surface area contributed by atoms with Crippen LogP contribution in [-0.4, -0.2) is 23.6 Å². The van der Waals surface area contributed by atoms with Crippen LogP contribution in [0.3, 0.4) is 0 Å². The Morgan fingerprint density at radius 1 is 0.760 bits per heavy atom. The number of rotatable bonds is 6. The number of hydrogen-bond acceptors (Lipinski definition) is 6. The van der Waals surface area contributed by atoms with Crippen LogP contribution in [0.15, 0.2) is 46.2 Å². The molecular weight excluding hydrogens is 425 g/mol. The summed E-state index contributed by atoms with van der Waals surface area (Å²) >= 11 is 10.9. The molecule has 0 aromatic heterocycles. The SMILES string of the molecule is O=S(=O)(OCOS(=O)(=O)c1ccc(F)c(Cl)c1)c1ccc(F)c(Cl)c1. The highest BCUT2D eigenvalue weighted by molar-refractivity contribution is 7.87. The van der Waals surface area contributed by atoms with Crippen molar-refractivity contribution in [1.82, 2.24) is 0 Å². The summed E-state index contributed by atoms with van der Waals surface area (Å²) < 4.78 is 82.4. The van der Waals surface area contributed by atoms with Gasteiger partial charge in [0.15, 0.2) is 6.79 Å². The van der Waals surface area contributed by atoms with Crippen molar-refractivity contribution >= 4 is 43.4 Å². The Balaban J connectivity index is 2.10. The Bertz CT molecular complexity index is 928. The van der Waals surface area contributed by atoms with E-state index in [1.54, 1.807) is 0 Å². The molecule has 0 aliphatic rings. The minimum atomic E-state index is -4.45. The predicted octanol–water partition coefficient (Wildman–Crippen LogP) is 3.34. The summed E-state index contributed by atoms with van der Waals surface area (Å²) in [6.45, 7) is -1.20. The van der Waals surface area contributed by atoms with Gasteiger partial charge in [-0.1, -0.05) is 23.2 Å². The van der Waals surface area contributed by atoms with E-state index in [1.807, 2.05) is 0 Å². The smallest absolute Gasteiger partial charge is 0.236 e. The third-order valence-electron chi connectivity index (χ3n) is 2.77. The van der Waals surface area contributed by atoms with Crippen LogP contribution in [0.1, 0.15) is 0 Å². The molecule has 0 saturated heterocycles. The fraction of sp³-hybridized carbons (Fsp3) is 0.0769. The molecular formula is C13H8Cl2F2O6S2. The second kappa shape index (κ2) is 7.52. The van der Waals surface area contributed by atoms with E-state index in [2.05, 4.69) is 8.37 Å². The summed E-state index contributed by atoms with van der Waals surface area (Å²) in [5.41, 5.74) is 0. The maximum absolute atomic E-state index is 13.0. The lowest BCUT2D eigenvalue weighted by molar-refractivity contribution is 0.132. The van der Waals surface area contributed by atoms with E-state index in [0.29, 0.717) is 0 Å². The molecule has 2 aromatic carbocycles. The lowest BCUT2D eigenvalue weighted by Crippen LogP contribution is -2.14. The van der Waals surface area contributed by atoms with Crippen LogP contribution < -0.4 is 0 Å². The van der Waals surface area contributed by atoms with Crippen LogP contribution >= 0.6 is 23.2 Å². The van der Waals surface area contributed by atoms with Crippen LogP contribution in [0, 0.1) is 11.6 Å². The monoisotopic (exact) mass is 432 g/mol. The Labute approximate surface area is 152 Å². The molecule has 0 aliphatic heterocycles. The normalized spacial score (nSPS) is 12.3. The Kier molecular flexibility index (Phi) is 6.02. The Morgan fingerprint density at radius 3 is 1.44 bits per heavy atom. The van der Waals surface area contributed by atoms with Crippen molar-refractivity contribution < 1.29 is 34.0 Å². The average Bonchev–Trinajstić information content (AvgIpc) is 2.52. The van der Waals surface area contributed by atoms with Gasteiger partial charge in [0, 0.05) is 0 Å². The second-order valence-electron chi connectivity index (χ2n) is 4.41. The van der Waals surface area contributed by atoms with E-state index in [9.17, 15) is 25.6 Å². The van der Waals surface area contributed by atoms with Crippen molar-refractivity contribution in [2.75, 3.05) is 6.79 Å². The number of halogens is 4. The van der Waals surface area contributed by atoms with E-state index in [4.69, 9.17) is 23.2 Å². The lowest BCUT2D eigenvalue weighted by Gasteiger charge is -2.08. The van der Waals surface area contributed by atoms with E-state index >= 15 is 0 Å². The molecule has 0 amide bonds. The molecule has 0 aliphatic carbocycles. The summed E-state index contributed by atoms with van der Waals surface area (Å²) in [6.07, 6.45) is 0. The molecule has 0 saturated carbocycles. The van der Waals surface area contributed by atoms with Crippen molar-refractivity contribution in [1.29, 1.82) is 0 Å². The van der Waals surface area contributed by atoms with Crippen LogP contribution in [0.5, 0.6) is 0 Å². The third kappa shape index (κ3) is 4.87. The molecule has 0 radical (unpaired) electrons. The Morgan fingerprint density at radius 2 is 1.12 bits per heavy atom. The summed E-state index contributed by atoms with van der Waals surface area (Å²) in [6, 6.07) is 4.95. The van der Waals surface area contributed by atoms with Gasteiger partial charge in [0.1, 0.15) is 11.6 Å². The van der Waals surface area contributed by atoms with Gasteiger partial charge in [0.25, 0.3) is 20.2 Å². The topological polar surface area (TPSA) is 86.7 Å². The van der Waals surface area contributed by atoms with E-state index in [-0.39, 0.29) is 0 Å². The maximum Gasteiger partial charge on any atom is 0.299 e. The highest BCUT2D eigenvalue weighted by Gasteiger charge is 2.21. The summed E-state index contributed by atoms with van der Waals surface area (Å²) in [5, 5.41) is -0.918. The zero-order valence-corrected chi connectivity index (χ0v) is 15.1. The van der Waals surface area contributed by atoms with Gasteiger partial charge in [-0.2, -0.15) is 16.8 Å². The van der Waals surface area contributed by atoms with E-state index < -0.39 is 58.5 Å². The Hall–Kier alpha value is -1.30. The molecule has 2 rings (SSSR count). The van der Waals surface area contributed by atoms with E-state index in [1.165, 1.54) is 0 Å². The highest BCUT2D eigenvalue weighted by Crippen LogP contribution is 2.23. The van der Waals surface area contributed by atoms with Crippen LogP contribution in [0.4, 0.5) is 8.78 Å². The fourth-order valence-corrected chi connectivity index (χ4v) is 3.71. The van der Waals surface area contributed by atoms with Crippen molar-refractivity contribution in [3.8, 4) is 0 Å².